The Labute approximate surface area is 134 Å². The molecule has 0 saturated heterocycles. The first-order chi connectivity index (χ1) is 9.81. The number of sulfonamides is 1. The fourth-order valence-electron chi connectivity index (χ4n) is 2.52. The maximum atomic E-state index is 12.4. The van der Waals surface area contributed by atoms with Gasteiger partial charge in [-0.05, 0) is 56.3 Å². The summed E-state index contributed by atoms with van der Waals surface area (Å²) in [4.78, 5) is 2.26. The quantitative estimate of drug-likeness (QED) is 0.751. The predicted octanol–water partition coefficient (Wildman–Crippen LogP) is 1.52. The van der Waals surface area contributed by atoms with E-state index in [1.54, 1.807) is 13.1 Å². The molecule has 1 saturated carbocycles. The van der Waals surface area contributed by atoms with E-state index >= 15 is 0 Å². The van der Waals surface area contributed by atoms with Gasteiger partial charge in [0.2, 0.25) is 10.0 Å². The molecule has 1 aliphatic carbocycles. The summed E-state index contributed by atoms with van der Waals surface area (Å²) in [6.07, 6.45) is 3.17. The Balaban J connectivity index is 2.11. The average molecular weight is 380 g/mol. The summed E-state index contributed by atoms with van der Waals surface area (Å²) in [5.74, 6) is 0.579. The smallest absolute Gasteiger partial charge is 0.245 e. The zero-order valence-corrected chi connectivity index (χ0v) is 15.0. The summed E-state index contributed by atoms with van der Waals surface area (Å²) in [5.41, 5.74) is -0.0584. The Morgan fingerprint density at radius 3 is 2.57 bits per heavy atom. The highest BCUT2D eigenvalue weighted by Gasteiger charge is 2.40. The van der Waals surface area contributed by atoms with Crippen molar-refractivity contribution in [3.8, 4) is 0 Å². The number of hydrogen-bond donors (Lipinski definition) is 2. The van der Waals surface area contributed by atoms with Crippen molar-refractivity contribution in [2.45, 2.75) is 36.2 Å². The zero-order valence-electron chi connectivity index (χ0n) is 12.6. The number of likely N-dealkylation sites (N-methyl/N-ethyl adjacent to an activating group) is 1. The summed E-state index contributed by atoms with van der Waals surface area (Å²) < 4.78 is 33.2. The molecule has 0 unspecified atom stereocenters. The van der Waals surface area contributed by atoms with Gasteiger partial charge in [-0.15, -0.1) is 0 Å². The molecule has 0 aliphatic heterocycles. The van der Waals surface area contributed by atoms with Crippen molar-refractivity contribution in [2.75, 3.05) is 27.7 Å². The number of nitrogens with one attached hydrogen (secondary N) is 2. The molecule has 21 heavy (non-hydrogen) atoms. The van der Waals surface area contributed by atoms with Gasteiger partial charge >= 0.3 is 0 Å². The molecule has 1 aromatic rings. The molecule has 0 amide bonds. The van der Waals surface area contributed by atoms with Gasteiger partial charge in [0.05, 0.1) is 6.54 Å². The van der Waals surface area contributed by atoms with Crippen LogP contribution in [-0.4, -0.2) is 46.5 Å². The van der Waals surface area contributed by atoms with Gasteiger partial charge in [0.25, 0.3) is 0 Å². The molecule has 1 aromatic heterocycles. The third-order valence-electron chi connectivity index (χ3n) is 4.17. The molecule has 1 aliphatic rings. The van der Waals surface area contributed by atoms with Crippen LogP contribution in [0.5, 0.6) is 0 Å². The minimum Gasteiger partial charge on any atom is -0.452 e. The Morgan fingerprint density at radius 2 is 2.10 bits per heavy atom. The van der Waals surface area contributed by atoms with Crippen LogP contribution in [0.4, 0.5) is 0 Å². The minimum absolute atomic E-state index is 0.0584. The third-order valence-corrected chi connectivity index (χ3v) is 6.43. The summed E-state index contributed by atoms with van der Waals surface area (Å²) >= 11 is 3.18. The van der Waals surface area contributed by atoms with E-state index in [4.69, 9.17) is 4.42 Å². The fraction of sp³-hybridized carbons (Fsp3) is 0.692. The van der Waals surface area contributed by atoms with E-state index in [2.05, 4.69) is 30.9 Å². The van der Waals surface area contributed by atoms with Crippen LogP contribution in [0, 0.1) is 0 Å². The van der Waals surface area contributed by atoms with Gasteiger partial charge < -0.3 is 14.6 Å². The molecule has 8 heteroatoms. The molecule has 0 aromatic carbocycles. The average Bonchev–Trinajstić information content (AvgIpc) is 2.69. The van der Waals surface area contributed by atoms with Gasteiger partial charge in [-0.3, -0.25) is 0 Å². The lowest BCUT2D eigenvalue weighted by atomic mass is 9.76. The Bertz CT molecular complexity index is 594. The number of nitrogens with zero attached hydrogens (tertiary/aromatic N) is 1. The van der Waals surface area contributed by atoms with Crippen molar-refractivity contribution in [1.82, 2.24) is 14.9 Å². The van der Waals surface area contributed by atoms with Crippen LogP contribution in [0.3, 0.4) is 0 Å². The molecule has 2 rings (SSSR count). The lowest BCUT2D eigenvalue weighted by Gasteiger charge is -2.47. The highest BCUT2D eigenvalue weighted by Crippen LogP contribution is 2.36. The first-order valence-electron chi connectivity index (χ1n) is 6.91. The van der Waals surface area contributed by atoms with Crippen LogP contribution in [0.1, 0.15) is 25.0 Å². The Hall–Kier alpha value is -0.410. The molecule has 1 fully saturated rings. The third kappa shape index (κ3) is 3.50. The summed E-state index contributed by atoms with van der Waals surface area (Å²) in [6.45, 7) is 0.900. The molecule has 0 radical (unpaired) electrons. The van der Waals surface area contributed by atoms with Gasteiger partial charge in [-0.2, -0.15) is 0 Å². The molecule has 1 heterocycles. The zero-order chi connectivity index (χ0) is 15.7. The topological polar surface area (TPSA) is 74.6 Å². The van der Waals surface area contributed by atoms with Gasteiger partial charge in [-0.1, -0.05) is 0 Å². The van der Waals surface area contributed by atoms with Crippen LogP contribution >= 0.6 is 15.9 Å². The van der Waals surface area contributed by atoms with E-state index in [9.17, 15) is 8.42 Å². The Kier molecular flexibility index (Phi) is 5.15. The van der Waals surface area contributed by atoms with Crippen molar-refractivity contribution in [3.63, 3.8) is 0 Å². The molecule has 6 nitrogen and oxygen atoms in total. The van der Waals surface area contributed by atoms with E-state index in [1.165, 1.54) is 0 Å². The lowest BCUT2D eigenvalue weighted by Crippen LogP contribution is -2.57. The van der Waals surface area contributed by atoms with Gasteiger partial charge in [-0.25, -0.2) is 13.1 Å². The second-order valence-electron chi connectivity index (χ2n) is 5.68. The molecule has 0 spiro atoms. The van der Waals surface area contributed by atoms with Crippen molar-refractivity contribution in [2.24, 2.45) is 0 Å². The van der Waals surface area contributed by atoms with Crippen LogP contribution in [0.2, 0.25) is 0 Å². The second kappa shape index (κ2) is 6.37. The SMILES string of the molecule is CNCc1cc(S(=O)(=O)NCC2(N(C)C)CCC2)c(Br)o1. The fourth-order valence-corrected chi connectivity index (χ4v) is 4.63. The summed E-state index contributed by atoms with van der Waals surface area (Å²) in [6, 6.07) is 1.55. The molecule has 120 valence electrons. The van der Waals surface area contributed by atoms with Crippen LogP contribution in [0.25, 0.3) is 0 Å². The monoisotopic (exact) mass is 379 g/mol. The molecule has 0 atom stereocenters. The number of rotatable bonds is 7. The Morgan fingerprint density at radius 1 is 1.43 bits per heavy atom. The van der Waals surface area contributed by atoms with E-state index in [1.807, 2.05) is 14.1 Å². The van der Waals surface area contributed by atoms with Gasteiger partial charge in [0.1, 0.15) is 10.7 Å². The van der Waals surface area contributed by atoms with E-state index < -0.39 is 10.0 Å². The summed E-state index contributed by atoms with van der Waals surface area (Å²) in [7, 11) is 2.19. The minimum atomic E-state index is -3.58. The van der Waals surface area contributed by atoms with Gasteiger partial charge in [0.15, 0.2) is 4.67 Å². The standard InChI is InChI=1S/C13H22BrN3O3S/c1-15-8-10-7-11(12(14)20-10)21(18,19)16-9-13(17(2)3)5-4-6-13/h7,15-16H,4-6,8-9H2,1-3H3. The highest BCUT2D eigenvalue weighted by molar-refractivity contribution is 9.10. The molecule has 2 N–H and O–H groups in total. The highest BCUT2D eigenvalue weighted by atomic mass is 79.9. The van der Waals surface area contributed by atoms with Crippen LogP contribution in [-0.2, 0) is 16.6 Å². The summed E-state index contributed by atoms with van der Waals surface area (Å²) in [5, 5.41) is 2.93. The van der Waals surface area contributed by atoms with Crippen LogP contribution in [0.15, 0.2) is 20.0 Å². The molecule has 0 bridgehead atoms. The van der Waals surface area contributed by atoms with Crippen molar-refractivity contribution >= 4 is 26.0 Å². The predicted molar refractivity (Wildman–Crippen MR) is 84.6 cm³/mol. The first kappa shape index (κ1) is 17.0. The number of hydrogen-bond acceptors (Lipinski definition) is 5. The normalized spacial score (nSPS) is 18.0. The largest absolute Gasteiger partial charge is 0.452 e. The van der Waals surface area contributed by atoms with Crippen molar-refractivity contribution < 1.29 is 12.8 Å². The lowest BCUT2D eigenvalue weighted by molar-refractivity contribution is 0.0656. The second-order valence-corrected chi connectivity index (χ2v) is 8.13. The number of halogens is 1. The number of furan rings is 1. The van der Waals surface area contributed by atoms with E-state index in [0.29, 0.717) is 18.8 Å². The van der Waals surface area contributed by atoms with Gasteiger partial charge in [0, 0.05) is 18.2 Å². The molecular weight excluding hydrogens is 358 g/mol. The molecular formula is C13H22BrN3O3S. The van der Waals surface area contributed by atoms with Crippen molar-refractivity contribution in [1.29, 1.82) is 0 Å². The van der Waals surface area contributed by atoms with Crippen molar-refractivity contribution in [3.05, 3.63) is 16.5 Å². The maximum absolute atomic E-state index is 12.4. The maximum Gasteiger partial charge on any atom is 0.245 e. The van der Waals surface area contributed by atoms with Crippen LogP contribution < -0.4 is 10.0 Å². The van der Waals surface area contributed by atoms with E-state index in [-0.39, 0.29) is 15.1 Å². The van der Waals surface area contributed by atoms with E-state index in [0.717, 1.165) is 19.3 Å². The first-order valence-corrected chi connectivity index (χ1v) is 9.18.